The molecule has 1 aliphatic heterocycles. The van der Waals surface area contributed by atoms with Gasteiger partial charge in [0.15, 0.2) is 0 Å². The summed E-state index contributed by atoms with van der Waals surface area (Å²) >= 11 is 0. The van der Waals surface area contributed by atoms with E-state index in [2.05, 4.69) is 37.1 Å². The number of carbonyl (C=O) groups excluding carboxylic acids is 1. The number of hydrogen-bond acceptors (Lipinski definition) is 3. The van der Waals surface area contributed by atoms with Gasteiger partial charge in [-0.3, -0.25) is 4.79 Å². The van der Waals surface area contributed by atoms with Gasteiger partial charge in [-0.1, -0.05) is 19.4 Å². The van der Waals surface area contributed by atoms with Crippen molar-refractivity contribution in [2.45, 2.75) is 50.5 Å². The van der Waals surface area contributed by atoms with E-state index >= 15 is 0 Å². The topological polar surface area (TPSA) is 29.5 Å². The molecule has 1 saturated carbocycles. The smallest absolute Gasteiger partial charge is 0.134 e. The minimum absolute atomic E-state index is 0.0509. The number of ketones is 1. The van der Waals surface area contributed by atoms with E-state index in [1.807, 2.05) is 0 Å². The number of hydrogen-bond donors (Lipinski definition) is 0. The maximum absolute atomic E-state index is 12.6. The third-order valence-electron chi connectivity index (χ3n) is 6.85. The number of carbonyl (C=O) groups is 1. The minimum Gasteiger partial charge on any atom is -0.497 e. The SMILES string of the molecule is CC[C@@H]1CC(=O)C[C@]23CCN(C)[C@H](Cc4ccc(OC)cc42)[C@H]13. The number of nitrogens with zero attached hydrogens (tertiary/aromatic N) is 1. The minimum atomic E-state index is 0.0509. The molecule has 4 rings (SSSR count). The first kappa shape index (κ1) is 15.2. The Balaban J connectivity index is 1.91. The molecular formula is C20H27NO2. The lowest BCUT2D eigenvalue weighted by Crippen LogP contribution is -2.63. The van der Waals surface area contributed by atoms with Crippen LogP contribution in [-0.2, 0) is 16.6 Å². The number of ether oxygens (including phenoxy) is 1. The summed E-state index contributed by atoms with van der Waals surface area (Å²) in [6.07, 6.45) is 4.85. The van der Waals surface area contributed by atoms with Crippen LogP contribution >= 0.6 is 0 Å². The first-order valence-corrected chi connectivity index (χ1v) is 8.98. The quantitative estimate of drug-likeness (QED) is 0.840. The highest BCUT2D eigenvalue weighted by Crippen LogP contribution is 2.57. The fraction of sp³-hybridized carbons (Fsp3) is 0.650. The molecule has 1 aromatic rings. The molecule has 3 aliphatic rings. The molecule has 124 valence electrons. The number of likely N-dealkylation sites (N-methyl/N-ethyl adjacent to an activating group) is 1. The lowest BCUT2D eigenvalue weighted by Gasteiger charge is -2.60. The molecule has 4 atom stereocenters. The van der Waals surface area contributed by atoms with Gasteiger partial charge in [0.1, 0.15) is 11.5 Å². The summed E-state index contributed by atoms with van der Waals surface area (Å²) in [5.74, 6) is 2.54. The fourth-order valence-corrected chi connectivity index (χ4v) is 5.81. The average Bonchev–Trinajstić information content (AvgIpc) is 2.56. The maximum atomic E-state index is 12.6. The summed E-state index contributed by atoms with van der Waals surface area (Å²) < 4.78 is 5.50. The van der Waals surface area contributed by atoms with Crippen LogP contribution < -0.4 is 4.74 Å². The maximum Gasteiger partial charge on any atom is 0.134 e. The summed E-state index contributed by atoms with van der Waals surface area (Å²) in [5, 5.41) is 0. The zero-order chi connectivity index (χ0) is 16.2. The standard InChI is InChI=1S/C20H27NO2/c1-4-13-9-15(22)12-20-7-8-21(2)18(19(13)20)10-14-5-6-16(23-3)11-17(14)20/h5-6,11,13,18-19H,4,7-10,12H2,1-3H3/t13-,18-,19+,20-/m1/s1. The van der Waals surface area contributed by atoms with Crippen LogP contribution in [0.25, 0.3) is 0 Å². The lowest BCUT2D eigenvalue weighted by molar-refractivity contribution is -0.131. The predicted molar refractivity (Wildman–Crippen MR) is 90.9 cm³/mol. The van der Waals surface area contributed by atoms with Crippen molar-refractivity contribution < 1.29 is 9.53 Å². The van der Waals surface area contributed by atoms with Gasteiger partial charge in [-0.2, -0.15) is 0 Å². The number of fused-ring (bicyclic) bond motifs is 1. The van der Waals surface area contributed by atoms with E-state index in [0.717, 1.165) is 44.4 Å². The zero-order valence-corrected chi connectivity index (χ0v) is 14.5. The van der Waals surface area contributed by atoms with Crippen molar-refractivity contribution in [2.24, 2.45) is 11.8 Å². The third kappa shape index (κ3) is 2.09. The van der Waals surface area contributed by atoms with Crippen LogP contribution in [0.15, 0.2) is 18.2 Å². The number of piperidine rings is 1. The summed E-state index contributed by atoms with van der Waals surface area (Å²) in [6.45, 7) is 3.36. The first-order valence-electron chi connectivity index (χ1n) is 8.98. The molecule has 2 bridgehead atoms. The van der Waals surface area contributed by atoms with Crippen molar-refractivity contribution in [3.63, 3.8) is 0 Å². The molecule has 2 fully saturated rings. The summed E-state index contributed by atoms with van der Waals surface area (Å²) in [4.78, 5) is 15.1. The summed E-state index contributed by atoms with van der Waals surface area (Å²) in [7, 11) is 4.00. The average molecular weight is 313 g/mol. The molecule has 0 amide bonds. The third-order valence-corrected chi connectivity index (χ3v) is 6.85. The van der Waals surface area contributed by atoms with Gasteiger partial charge >= 0.3 is 0 Å². The monoisotopic (exact) mass is 313 g/mol. The highest BCUT2D eigenvalue weighted by molar-refractivity contribution is 5.82. The van der Waals surface area contributed by atoms with E-state index in [4.69, 9.17) is 4.74 Å². The highest BCUT2D eigenvalue weighted by Gasteiger charge is 2.57. The van der Waals surface area contributed by atoms with E-state index in [9.17, 15) is 4.79 Å². The van der Waals surface area contributed by atoms with Gasteiger partial charge < -0.3 is 9.64 Å². The molecule has 0 radical (unpaired) electrons. The van der Waals surface area contributed by atoms with E-state index in [1.165, 1.54) is 11.1 Å². The Bertz CT molecular complexity index is 641. The normalized spacial score (nSPS) is 36.3. The Morgan fingerprint density at radius 2 is 2.17 bits per heavy atom. The Morgan fingerprint density at radius 1 is 1.35 bits per heavy atom. The molecule has 0 unspecified atom stereocenters. The molecule has 0 aromatic heterocycles. The van der Waals surface area contributed by atoms with Crippen LogP contribution in [0.3, 0.4) is 0 Å². The van der Waals surface area contributed by atoms with Crippen molar-refractivity contribution in [1.82, 2.24) is 4.90 Å². The van der Waals surface area contributed by atoms with Crippen molar-refractivity contribution >= 4 is 5.78 Å². The van der Waals surface area contributed by atoms with Crippen molar-refractivity contribution in [1.29, 1.82) is 0 Å². The highest BCUT2D eigenvalue weighted by atomic mass is 16.5. The second kappa shape index (κ2) is 5.34. The van der Waals surface area contributed by atoms with Gasteiger partial charge in [-0.05, 0) is 61.5 Å². The van der Waals surface area contributed by atoms with Crippen LogP contribution in [0.5, 0.6) is 5.75 Å². The van der Waals surface area contributed by atoms with E-state index < -0.39 is 0 Å². The van der Waals surface area contributed by atoms with Crippen LogP contribution in [0.4, 0.5) is 0 Å². The lowest BCUT2D eigenvalue weighted by atomic mass is 9.49. The fourth-order valence-electron chi connectivity index (χ4n) is 5.81. The Labute approximate surface area is 139 Å². The molecule has 2 aliphatic carbocycles. The molecule has 1 aromatic carbocycles. The second-order valence-corrected chi connectivity index (χ2v) is 7.79. The van der Waals surface area contributed by atoms with E-state index in [0.29, 0.717) is 23.7 Å². The van der Waals surface area contributed by atoms with Gasteiger partial charge in [0.2, 0.25) is 0 Å². The van der Waals surface area contributed by atoms with Gasteiger partial charge in [0.25, 0.3) is 0 Å². The Kier molecular flexibility index (Phi) is 3.53. The summed E-state index contributed by atoms with van der Waals surface area (Å²) in [5.41, 5.74) is 2.90. The molecule has 23 heavy (non-hydrogen) atoms. The molecule has 3 nitrogen and oxygen atoms in total. The molecule has 1 heterocycles. The van der Waals surface area contributed by atoms with E-state index in [1.54, 1.807) is 7.11 Å². The Morgan fingerprint density at radius 3 is 2.91 bits per heavy atom. The molecule has 0 spiro atoms. The van der Waals surface area contributed by atoms with E-state index in [-0.39, 0.29) is 5.41 Å². The predicted octanol–water partition coefficient (Wildman–Crippen LogP) is 3.20. The largest absolute Gasteiger partial charge is 0.497 e. The van der Waals surface area contributed by atoms with Crippen molar-refractivity contribution in [3.05, 3.63) is 29.3 Å². The first-order chi connectivity index (χ1) is 11.1. The number of rotatable bonds is 2. The van der Waals surface area contributed by atoms with Crippen molar-refractivity contribution in [2.75, 3.05) is 20.7 Å². The second-order valence-electron chi connectivity index (χ2n) is 7.79. The number of likely N-dealkylation sites (tertiary alicyclic amines) is 1. The molecule has 1 saturated heterocycles. The van der Waals surface area contributed by atoms with Crippen LogP contribution in [0, 0.1) is 11.8 Å². The Hall–Kier alpha value is -1.35. The van der Waals surface area contributed by atoms with Gasteiger partial charge in [-0.15, -0.1) is 0 Å². The zero-order valence-electron chi connectivity index (χ0n) is 14.5. The van der Waals surface area contributed by atoms with Gasteiger partial charge in [0, 0.05) is 24.3 Å². The number of methoxy groups -OCH3 is 1. The van der Waals surface area contributed by atoms with Crippen molar-refractivity contribution in [3.8, 4) is 5.75 Å². The number of benzene rings is 1. The molecule has 3 heteroatoms. The van der Waals surface area contributed by atoms with Gasteiger partial charge in [0.05, 0.1) is 7.11 Å². The molecule has 0 N–H and O–H groups in total. The van der Waals surface area contributed by atoms with Crippen LogP contribution in [0.1, 0.15) is 43.7 Å². The molecular weight excluding hydrogens is 286 g/mol. The number of Topliss-reactive ketones (excluding diaryl/α,β-unsaturated/α-hetero) is 1. The van der Waals surface area contributed by atoms with Crippen LogP contribution in [-0.4, -0.2) is 37.4 Å². The van der Waals surface area contributed by atoms with Crippen LogP contribution in [0.2, 0.25) is 0 Å². The van der Waals surface area contributed by atoms with Gasteiger partial charge in [-0.25, -0.2) is 0 Å². The summed E-state index contributed by atoms with van der Waals surface area (Å²) in [6, 6.07) is 7.13.